The molecule has 1 heterocycles. The third-order valence-electron chi connectivity index (χ3n) is 4.35. The van der Waals surface area contributed by atoms with Gasteiger partial charge in [-0.3, -0.25) is 0 Å². The zero-order valence-electron chi connectivity index (χ0n) is 11.8. The highest BCUT2D eigenvalue weighted by Crippen LogP contribution is 2.43. The Morgan fingerprint density at radius 1 is 1.40 bits per heavy atom. The second-order valence-electron chi connectivity index (χ2n) is 5.30. The van der Waals surface area contributed by atoms with Gasteiger partial charge < -0.3 is 10.5 Å². The molecular weight excluding hydrogens is 254 g/mol. The predicted molar refractivity (Wildman–Crippen MR) is 76.3 cm³/mol. The van der Waals surface area contributed by atoms with Crippen LogP contribution >= 0.6 is 0 Å². The number of methoxy groups -OCH3 is 1. The van der Waals surface area contributed by atoms with Crippen molar-refractivity contribution in [3.05, 3.63) is 18.2 Å². The molecule has 0 radical (unpaired) electrons. The van der Waals surface area contributed by atoms with Gasteiger partial charge in [0.2, 0.25) is 0 Å². The van der Waals surface area contributed by atoms with E-state index in [1.54, 1.807) is 7.11 Å². The first-order valence-electron chi connectivity index (χ1n) is 6.93. The molecule has 0 aliphatic heterocycles. The maximum atomic E-state index is 5.97. The minimum absolute atomic E-state index is 0.0769. The molecule has 0 atom stereocenters. The summed E-state index contributed by atoms with van der Waals surface area (Å²) in [5, 5.41) is 12.3. The third kappa shape index (κ3) is 1.83. The van der Waals surface area contributed by atoms with Crippen molar-refractivity contribution < 1.29 is 4.74 Å². The maximum Gasteiger partial charge on any atom is 0.182 e. The van der Waals surface area contributed by atoms with Gasteiger partial charge in [-0.25, -0.2) is 4.68 Å². The van der Waals surface area contributed by atoms with Crippen LogP contribution in [-0.4, -0.2) is 27.3 Å². The van der Waals surface area contributed by atoms with Gasteiger partial charge in [0.1, 0.15) is 5.75 Å². The Hall–Kier alpha value is -2.11. The summed E-state index contributed by atoms with van der Waals surface area (Å²) in [6.07, 6.45) is 4.54. The van der Waals surface area contributed by atoms with Crippen LogP contribution in [0.1, 0.15) is 32.6 Å². The Morgan fingerprint density at radius 2 is 2.20 bits per heavy atom. The van der Waals surface area contributed by atoms with E-state index >= 15 is 0 Å². The highest BCUT2D eigenvalue weighted by atomic mass is 16.5. The van der Waals surface area contributed by atoms with Gasteiger partial charge in [-0.1, -0.05) is 6.92 Å². The first-order chi connectivity index (χ1) is 9.70. The van der Waals surface area contributed by atoms with Crippen LogP contribution in [0, 0.1) is 0 Å². The van der Waals surface area contributed by atoms with E-state index in [1.807, 2.05) is 22.9 Å². The quantitative estimate of drug-likeness (QED) is 0.864. The molecule has 1 fully saturated rings. The van der Waals surface area contributed by atoms with Crippen LogP contribution in [0.25, 0.3) is 11.4 Å². The smallest absolute Gasteiger partial charge is 0.182 e. The number of hydrogen-bond donors (Lipinski definition) is 1. The lowest BCUT2D eigenvalue weighted by Crippen LogP contribution is -2.41. The average molecular weight is 273 g/mol. The van der Waals surface area contributed by atoms with Crippen LogP contribution < -0.4 is 10.5 Å². The molecular formula is C14H19N5O. The molecule has 3 rings (SSSR count). The number of anilines is 1. The number of rotatable bonds is 4. The molecule has 1 aliphatic carbocycles. The standard InChI is InChI=1S/C14H19N5O/c1-3-14(7-4-8-14)19-13(16-17-18-19)10-5-6-12(20-2)11(15)9-10/h5-6,9H,3-4,7-8,15H2,1-2H3. The van der Waals surface area contributed by atoms with Crippen molar-refractivity contribution >= 4 is 5.69 Å². The van der Waals surface area contributed by atoms with Crippen LogP contribution in [0.3, 0.4) is 0 Å². The summed E-state index contributed by atoms with van der Waals surface area (Å²) in [4.78, 5) is 0. The molecule has 1 saturated carbocycles. The van der Waals surface area contributed by atoms with Crippen LogP contribution in [-0.2, 0) is 5.54 Å². The van der Waals surface area contributed by atoms with Crippen molar-refractivity contribution in [2.75, 3.05) is 12.8 Å². The van der Waals surface area contributed by atoms with Crippen molar-refractivity contribution in [1.82, 2.24) is 20.2 Å². The Morgan fingerprint density at radius 3 is 2.75 bits per heavy atom. The second-order valence-corrected chi connectivity index (χ2v) is 5.30. The summed E-state index contributed by atoms with van der Waals surface area (Å²) >= 11 is 0. The molecule has 2 aromatic rings. The monoisotopic (exact) mass is 273 g/mol. The van der Waals surface area contributed by atoms with Crippen molar-refractivity contribution in [2.45, 2.75) is 38.1 Å². The summed E-state index contributed by atoms with van der Waals surface area (Å²) in [7, 11) is 1.61. The molecule has 106 valence electrons. The van der Waals surface area contributed by atoms with E-state index < -0.39 is 0 Å². The van der Waals surface area contributed by atoms with Gasteiger partial charge in [0.25, 0.3) is 0 Å². The van der Waals surface area contributed by atoms with E-state index in [0.717, 1.165) is 30.7 Å². The second kappa shape index (κ2) is 4.77. The number of aromatic nitrogens is 4. The topological polar surface area (TPSA) is 78.8 Å². The highest BCUT2D eigenvalue weighted by Gasteiger charge is 2.40. The Balaban J connectivity index is 2.03. The molecule has 6 heteroatoms. The Kier molecular flexibility index (Phi) is 3.08. The van der Waals surface area contributed by atoms with Gasteiger partial charge >= 0.3 is 0 Å². The number of nitrogens with two attached hydrogens (primary N) is 1. The number of hydrogen-bond acceptors (Lipinski definition) is 5. The molecule has 20 heavy (non-hydrogen) atoms. The van der Waals surface area contributed by atoms with E-state index in [-0.39, 0.29) is 5.54 Å². The molecule has 0 bridgehead atoms. The summed E-state index contributed by atoms with van der Waals surface area (Å²) in [5.74, 6) is 1.45. The molecule has 0 saturated heterocycles. The van der Waals surface area contributed by atoms with E-state index in [4.69, 9.17) is 10.5 Å². The highest BCUT2D eigenvalue weighted by molar-refractivity contribution is 5.66. The van der Waals surface area contributed by atoms with Gasteiger partial charge in [-0.15, -0.1) is 5.10 Å². The number of benzene rings is 1. The van der Waals surface area contributed by atoms with E-state index in [1.165, 1.54) is 6.42 Å². The third-order valence-corrected chi connectivity index (χ3v) is 4.35. The van der Waals surface area contributed by atoms with Gasteiger partial charge in [0.05, 0.1) is 18.3 Å². The summed E-state index contributed by atoms with van der Waals surface area (Å²) in [6.45, 7) is 2.19. The lowest BCUT2D eigenvalue weighted by atomic mass is 9.75. The van der Waals surface area contributed by atoms with Crippen LogP contribution in [0.15, 0.2) is 18.2 Å². The summed E-state index contributed by atoms with van der Waals surface area (Å²) in [6, 6.07) is 5.66. The number of nitrogens with zero attached hydrogens (tertiary/aromatic N) is 4. The van der Waals surface area contributed by atoms with Crippen LogP contribution in [0.5, 0.6) is 5.75 Å². The number of ether oxygens (including phenoxy) is 1. The van der Waals surface area contributed by atoms with E-state index in [2.05, 4.69) is 22.4 Å². The molecule has 0 unspecified atom stereocenters. The molecule has 1 aromatic heterocycles. The lowest BCUT2D eigenvalue weighted by molar-refractivity contribution is 0.118. The Labute approximate surface area is 117 Å². The van der Waals surface area contributed by atoms with E-state index in [0.29, 0.717) is 11.4 Å². The van der Waals surface area contributed by atoms with Gasteiger partial charge in [0.15, 0.2) is 5.82 Å². The fraction of sp³-hybridized carbons (Fsp3) is 0.500. The fourth-order valence-electron chi connectivity index (χ4n) is 2.86. The first kappa shape index (κ1) is 12.9. The SMILES string of the molecule is CCC1(n2nnnc2-c2ccc(OC)c(N)c2)CCC1. The minimum Gasteiger partial charge on any atom is -0.495 e. The van der Waals surface area contributed by atoms with Crippen molar-refractivity contribution in [1.29, 1.82) is 0 Å². The first-order valence-corrected chi connectivity index (χ1v) is 6.93. The molecule has 1 aliphatic rings. The van der Waals surface area contributed by atoms with Crippen molar-refractivity contribution in [3.63, 3.8) is 0 Å². The van der Waals surface area contributed by atoms with E-state index in [9.17, 15) is 0 Å². The predicted octanol–water partition coefficient (Wildman–Crippen LogP) is 2.22. The molecule has 1 aromatic carbocycles. The van der Waals surface area contributed by atoms with Crippen LogP contribution in [0.2, 0.25) is 0 Å². The van der Waals surface area contributed by atoms with Crippen molar-refractivity contribution in [3.8, 4) is 17.1 Å². The zero-order chi connectivity index (χ0) is 14.2. The molecule has 2 N–H and O–H groups in total. The lowest BCUT2D eigenvalue weighted by Gasteiger charge is -2.41. The van der Waals surface area contributed by atoms with Crippen molar-refractivity contribution in [2.24, 2.45) is 0 Å². The van der Waals surface area contributed by atoms with Gasteiger partial charge in [0, 0.05) is 5.56 Å². The molecule has 6 nitrogen and oxygen atoms in total. The maximum absolute atomic E-state index is 5.97. The molecule has 0 spiro atoms. The average Bonchev–Trinajstić information content (AvgIpc) is 2.88. The fourth-order valence-corrected chi connectivity index (χ4v) is 2.86. The summed E-state index contributed by atoms with van der Waals surface area (Å²) < 4.78 is 7.15. The number of nitrogen functional groups attached to an aromatic ring is 1. The largest absolute Gasteiger partial charge is 0.495 e. The minimum atomic E-state index is 0.0769. The van der Waals surface area contributed by atoms with Crippen LogP contribution in [0.4, 0.5) is 5.69 Å². The number of tetrazole rings is 1. The van der Waals surface area contributed by atoms with Gasteiger partial charge in [-0.05, 0) is 54.3 Å². The van der Waals surface area contributed by atoms with Gasteiger partial charge in [-0.2, -0.15) is 0 Å². The molecule has 0 amide bonds. The Bertz CT molecular complexity index is 612. The normalized spacial score (nSPS) is 16.7. The summed E-state index contributed by atoms with van der Waals surface area (Å²) in [5.41, 5.74) is 7.57. The zero-order valence-corrected chi connectivity index (χ0v) is 11.8.